The Kier molecular flexibility index (Phi) is 6.36. The Labute approximate surface area is 245 Å². The summed E-state index contributed by atoms with van der Waals surface area (Å²) in [6, 6.07) is 29.6. The van der Waals surface area contributed by atoms with Crippen molar-refractivity contribution in [3.63, 3.8) is 0 Å². The van der Waals surface area contributed by atoms with Gasteiger partial charge in [0.15, 0.2) is 5.13 Å². The van der Waals surface area contributed by atoms with Crippen LogP contribution in [0, 0.1) is 0 Å². The average molecular weight is 574 g/mol. The number of para-hydroxylation sites is 1. The lowest BCUT2D eigenvalue weighted by Crippen LogP contribution is -2.46. The van der Waals surface area contributed by atoms with Crippen molar-refractivity contribution in [3.05, 3.63) is 113 Å². The molecule has 7 rings (SSSR count). The predicted molar refractivity (Wildman–Crippen MR) is 170 cm³/mol. The molecular weight excluding hydrogens is 546 g/mol. The van der Waals surface area contributed by atoms with Crippen LogP contribution in [0.4, 0.5) is 16.5 Å². The minimum Gasteiger partial charge on any atom is -0.477 e. The lowest BCUT2D eigenvalue weighted by Gasteiger charge is -2.36. The van der Waals surface area contributed by atoms with Gasteiger partial charge in [0.25, 0.3) is 0 Å². The van der Waals surface area contributed by atoms with Gasteiger partial charge in [-0.05, 0) is 47.5 Å². The number of carboxylic acid groups (broad SMARTS) is 1. The minimum atomic E-state index is -1.27. The molecule has 9 heteroatoms. The summed E-state index contributed by atoms with van der Waals surface area (Å²) in [5.74, 6) is -1.27. The number of fused-ring (bicyclic) bond motifs is 2. The van der Waals surface area contributed by atoms with Gasteiger partial charge in [0.05, 0.1) is 27.1 Å². The maximum atomic E-state index is 13.2. The molecule has 1 aliphatic rings. The first kappa shape index (κ1) is 25.8. The number of hydrogen-bond acceptors (Lipinski definition) is 7. The molecule has 3 N–H and O–H groups in total. The molecule has 8 nitrogen and oxygen atoms in total. The van der Waals surface area contributed by atoms with Gasteiger partial charge in [-0.25, -0.2) is 9.78 Å². The van der Waals surface area contributed by atoms with Gasteiger partial charge in [-0.3, -0.25) is 4.79 Å². The number of aromatic nitrogens is 2. The highest BCUT2D eigenvalue weighted by molar-refractivity contribution is 7.22. The number of hydrogen-bond donors (Lipinski definition) is 2. The van der Waals surface area contributed by atoms with E-state index < -0.39 is 11.4 Å². The largest absolute Gasteiger partial charge is 0.477 e. The number of carboxylic acids is 1. The summed E-state index contributed by atoms with van der Waals surface area (Å²) in [5.41, 5.74) is 11.4. The van der Waals surface area contributed by atoms with Crippen LogP contribution in [0.3, 0.4) is 0 Å². The molecule has 0 bridgehead atoms. The van der Waals surface area contributed by atoms with Crippen molar-refractivity contribution in [2.75, 3.05) is 41.7 Å². The molecule has 3 heterocycles. The normalized spacial score (nSPS) is 13.6. The van der Waals surface area contributed by atoms with Crippen LogP contribution in [0.2, 0.25) is 0 Å². The van der Waals surface area contributed by atoms with E-state index >= 15 is 0 Å². The van der Waals surface area contributed by atoms with E-state index in [0.29, 0.717) is 11.2 Å². The molecule has 0 atom stereocenters. The standard InChI is InChI=1S/C33H27N5O3S/c34-26-18-24-28(19-29(26)36-14-16-37(17-15-36)33-35-27-8-4-5-9-30(27)42-33)38(20-25(31(24)39)32(40)41)23-12-10-22(11-13-23)21-6-2-1-3-7-21/h1-13,18-20H,14-17,34H2,(H,40,41). The Bertz CT molecular complexity index is 1980. The van der Waals surface area contributed by atoms with Crippen molar-refractivity contribution in [1.29, 1.82) is 0 Å². The topological polar surface area (TPSA) is 105 Å². The van der Waals surface area contributed by atoms with E-state index in [1.54, 1.807) is 22.0 Å². The Morgan fingerprint density at radius 1 is 0.833 bits per heavy atom. The van der Waals surface area contributed by atoms with E-state index in [4.69, 9.17) is 10.7 Å². The Hall–Kier alpha value is -5.15. The molecule has 0 radical (unpaired) electrons. The molecule has 0 saturated carbocycles. The third-order valence-corrected chi connectivity index (χ3v) is 8.91. The maximum Gasteiger partial charge on any atom is 0.341 e. The number of anilines is 3. The maximum absolute atomic E-state index is 13.2. The number of nitrogens with two attached hydrogens (primary N) is 1. The number of benzene rings is 4. The van der Waals surface area contributed by atoms with Crippen LogP contribution in [-0.2, 0) is 0 Å². The second-order valence-corrected chi connectivity index (χ2v) is 11.3. The predicted octanol–water partition coefficient (Wildman–Crippen LogP) is 5.87. The quantitative estimate of drug-likeness (QED) is 0.248. The lowest BCUT2D eigenvalue weighted by molar-refractivity contribution is 0.0695. The van der Waals surface area contributed by atoms with E-state index in [2.05, 4.69) is 15.9 Å². The van der Waals surface area contributed by atoms with Gasteiger partial charge in [-0.2, -0.15) is 0 Å². The fourth-order valence-electron chi connectivity index (χ4n) is 5.60. The molecule has 0 amide bonds. The first-order valence-electron chi connectivity index (χ1n) is 13.7. The zero-order chi connectivity index (χ0) is 28.8. The summed E-state index contributed by atoms with van der Waals surface area (Å²) < 4.78 is 2.94. The summed E-state index contributed by atoms with van der Waals surface area (Å²) in [6.07, 6.45) is 1.41. The number of thiazole rings is 1. The Morgan fingerprint density at radius 3 is 2.21 bits per heavy atom. The summed E-state index contributed by atoms with van der Waals surface area (Å²) in [4.78, 5) is 34.6. The molecule has 208 valence electrons. The number of nitrogens with zero attached hydrogens (tertiary/aromatic N) is 4. The highest BCUT2D eigenvalue weighted by Gasteiger charge is 2.23. The zero-order valence-electron chi connectivity index (χ0n) is 22.6. The third-order valence-electron chi connectivity index (χ3n) is 7.81. The fourth-order valence-corrected chi connectivity index (χ4v) is 6.61. The van der Waals surface area contributed by atoms with Gasteiger partial charge >= 0.3 is 5.97 Å². The van der Waals surface area contributed by atoms with Crippen LogP contribution >= 0.6 is 11.3 Å². The van der Waals surface area contributed by atoms with E-state index in [1.807, 2.05) is 78.9 Å². The summed E-state index contributed by atoms with van der Waals surface area (Å²) in [6.45, 7) is 3.02. The summed E-state index contributed by atoms with van der Waals surface area (Å²) in [7, 11) is 0. The number of pyridine rings is 1. The molecule has 0 unspecified atom stereocenters. The van der Waals surface area contributed by atoms with Crippen molar-refractivity contribution >= 4 is 54.9 Å². The van der Waals surface area contributed by atoms with Crippen molar-refractivity contribution in [3.8, 4) is 16.8 Å². The third kappa shape index (κ3) is 4.53. The highest BCUT2D eigenvalue weighted by Crippen LogP contribution is 2.33. The second-order valence-electron chi connectivity index (χ2n) is 10.3. The van der Waals surface area contributed by atoms with Crippen LogP contribution in [-0.4, -0.2) is 46.8 Å². The summed E-state index contributed by atoms with van der Waals surface area (Å²) >= 11 is 1.70. The van der Waals surface area contributed by atoms with Gasteiger partial charge in [-0.1, -0.05) is 65.9 Å². The smallest absolute Gasteiger partial charge is 0.341 e. The average Bonchev–Trinajstić information content (AvgIpc) is 3.46. The number of aromatic carboxylic acids is 1. The molecule has 0 aliphatic carbocycles. The van der Waals surface area contributed by atoms with Gasteiger partial charge in [0.2, 0.25) is 5.43 Å². The van der Waals surface area contributed by atoms with Crippen molar-refractivity contribution in [2.45, 2.75) is 0 Å². The summed E-state index contributed by atoms with van der Waals surface area (Å²) in [5, 5.41) is 11.1. The molecule has 6 aromatic rings. The van der Waals surface area contributed by atoms with E-state index in [9.17, 15) is 14.7 Å². The SMILES string of the molecule is Nc1cc2c(=O)c(C(=O)O)cn(-c3ccc(-c4ccccc4)cc3)c2cc1N1CCN(c2nc3ccccc3s2)CC1. The highest BCUT2D eigenvalue weighted by atomic mass is 32.1. The second kappa shape index (κ2) is 10.4. The van der Waals surface area contributed by atoms with Crippen LogP contribution in [0.25, 0.3) is 37.9 Å². The number of rotatable bonds is 5. The van der Waals surface area contributed by atoms with Gasteiger partial charge in [0.1, 0.15) is 5.56 Å². The van der Waals surface area contributed by atoms with Gasteiger partial charge < -0.3 is 25.2 Å². The van der Waals surface area contributed by atoms with Gasteiger partial charge in [0, 0.05) is 43.4 Å². The zero-order valence-corrected chi connectivity index (χ0v) is 23.4. The Balaban J connectivity index is 1.25. The van der Waals surface area contributed by atoms with Crippen LogP contribution in [0.15, 0.2) is 102 Å². The Morgan fingerprint density at radius 2 is 1.50 bits per heavy atom. The lowest BCUT2D eigenvalue weighted by atomic mass is 10.0. The molecule has 4 aromatic carbocycles. The molecule has 42 heavy (non-hydrogen) atoms. The van der Waals surface area contributed by atoms with Gasteiger partial charge in [-0.15, -0.1) is 0 Å². The molecule has 2 aromatic heterocycles. The first-order valence-corrected chi connectivity index (χ1v) is 14.5. The van der Waals surface area contributed by atoms with E-state index in [0.717, 1.165) is 59.3 Å². The van der Waals surface area contributed by atoms with Crippen molar-refractivity contribution in [1.82, 2.24) is 9.55 Å². The fraction of sp³-hybridized carbons (Fsp3) is 0.121. The van der Waals surface area contributed by atoms with Crippen LogP contribution < -0.4 is 21.0 Å². The van der Waals surface area contributed by atoms with E-state index in [-0.39, 0.29) is 10.9 Å². The van der Waals surface area contributed by atoms with Crippen LogP contribution in [0.5, 0.6) is 0 Å². The number of piperazine rings is 1. The minimum absolute atomic E-state index is 0.274. The number of carbonyl (C=O) groups is 1. The number of nitrogen functional groups attached to an aromatic ring is 1. The molecule has 1 aliphatic heterocycles. The molecule has 0 spiro atoms. The molecular formula is C33H27N5O3S. The molecule has 1 fully saturated rings. The monoisotopic (exact) mass is 573 g/mol. The first-order chi connectivity index (χ1) is 20.5. The van der Waals surface area contributed by atoms with E-state index in [1.165, 1.54) is 10.9 Å². The van der Waals surface area contributed by atoms with Crippen molar-refractivity contribution in [2.24, 2.45) is 0 Å². The van der Waals surface area contributed by atoms with Crippen LogP contribution in [0.1, 0.15) is 10.4 Å². The molecule has 1 saturated heterocycles. The van der Waals surface area contributed by atoms with Crippen molar-refractivity contribution < 1.29 is 9.90 Å².